The maximum Gasteiger partial charge on any atom is 0.321 e. The van der Waals surface area contributed by atoms with Crippen molar-refractivity contribution in [2.45, 2.75) is 107 Å². The van der Waals surface area contributed by atoms with Crippen molar-refractivity contribution in [1.29, 1.82) is 0 Å². The minimum Gasteiger partial charge on any atom is -0.462 e. The molecule has 0 bridgehead atoms. The summed E-state index contributed by atoms with van der Waals surface area (Å²) in [6, 6.07) is 0. The van der Waals surface area contributed by atoms with Crippen LogP contribution < -0.4 is 0 Å². The van der Waals surface area contributed by atoms with E-state index < -0.39 is 14.5 Å². The molecule has 156 valence electrons. The van der Waals surface area contributed by atoms with Gasteiger partial charge in [-0.05, 0) is 67.2 Å². The monoisotopic (exact) mass is 495 g/mol. The molecule has 0 unspecified atom stereocenters. The molecule has 0 amide bonds. The molecule has 0 aromatic rings. The summed E-state index contributed by atoms with van der Waals surface area (Å²) in [7, 11) is 0. The molecule has 1 saturated heterocycles. The van der Waals surface area contributed by atoms with Gasteiger partial charge in [0.25, 0.3) is 0 Å². The van der Waals surface area contributed by atoms with Gasteiger partial charge in [-0.3, -0.25) is 9.59 Å². The molecule has 1 heterocycles. The van der Waals surface area contributed by atoms with E-state index in [0.29, 0.717) is 38.5 Å². The number of esters is 2. The van der Waals surface area contributed by atoms with Gasteiger partial charge in [0, 0.05) is 23.9 Å². The molecule has 2 aliphatic rings. The van der Waals surface area contributed by atoms with E-state index in [0.717, 1.165) is 0 Å². The van der Waals surface area contributed by atoms with Gasteiger partial charge < -0.3 is 14.7 Å². The Morgan fingerprint density at radius 2 is 1.44 bits per heavy atom. The average molecular weight is 495 g/mol. The van der Waals surface area contributed by atoms with E-state index in [-0.39, 0.29) is 30.1 Å². The smallest absolute Gasteiger partial charge is 0.321 e. The summed E-state index contributed by atoms with van der Waals surface area (Å²) in [4.78, 5) is 24.7. The molecule has 0 atom stereocenters. The summed E-state index contributed by atoms with van der Waals surface area (Å²) in [5.74, 6) is -0.489. The number of piperidine rings is 1. The fourth-order valence-electron chi connectivity index (χ4n) is 4.23. The third-order valence-electron chi connectivity index (χ3n) is 5.65. The molecule has 0 aromatic carbocycles. The molecule has 7 heteroatoms. The number of carbonyl (C=O) groups is 2. The molecule has 0 radical (unpaired) electrons. The average Bonchev–Trinajstić information content (AvgIpc) is 2.51. The zero-order valence-electron chi connectivity index (χ0n) is 17.4. The van der Waals surface area contributed by atoms with Crippen LogP contribution in [0.1, 0.15) is 80.1 Å². The second-order valence-corrected chi connectivity index (χ2v) is 12.5. The number of rotatable bonds is 4. The lowest BCUT2D eigenvalue weighted by molar-refractivity contribution is -0.260. The number of alkyl halides is 1. The van der Waals surface area contributed by atoms with Gasteiger partial charge >= 0.3 is 11.9 Å². The number of hydrogen-bond donors (Lipinski definition) is 1. The fraction of sp³-hybridized carbons (Fsp3) is 0.900. The molecular formula is C20H34INO5. The van der Waals surface area contributed by atoms with Gasteiger partial charge in [0.2, 0.25) is 0 Å². The van der Waals surface area contributed by atoms with Crippen LogP contribution in [-0.4, -0.2) is 48.9 Å². The zero-order chi connectivity index (χ0) is 20.6. The minimum atomic E-state index is -0.533. The first-order chi connectivity index (χ1) is 12.2. The Bertz CT molecular complexity index is 543. The highest BCUT2D eigenvalue weighted by Gasteiger charge is 2.46. The van der Waals surface area contributed by atoms with Crippen LogP contribution >= 0.6 is 22.6 Å². The first kappa shape index (κ1) is 22.9. The second-order valence-electron chi connectivity index (χ2n) is 9.76. The molecule has 1 aliphatic carbocycles. The van der Waals surface area contributed by atoms with E-state index >= 15 is 0 Å². The summed E-state index contributed by atoms with van der Waals surface area (Å²) in [6.45, 7) is 11.5. The topological polar surface area (TPSA) is 76.1 Å². The number of halogens is 1. The molecule has 1 N–H and O–H groups in total. The SMILES string of the molecule is CC(C)(I)C(=O)OC1CCC(C(=O)OC2CC(C)(C)N(O)C(C)(C)C2)CC1. The second kappa shape index (κ2) is 8.14. The van der Waals surface area contributed by atoms with Crippen molar-refractivity contribution in [2.75, 3.05) is 0 Å². The zero-order valence-corrected chi connectivity index (χ0v) is 19.5. The lowest BCUT2D eigenvalue weighted by Crippen LogP contribution is -2.60. The maximum absolute atomic E-state index is 12.7. The Labute approximate surface area is 176 Å². The number of hydroxylamine groups is 2. The molecule has 27 heavy (non-hydrogen) atoms. The first-order valence-corrected chi connectivity index (χ1v) is 10.9. The largest absolute Gasteiger partial charge is 0.462 e. The number of ether oxygens (including phenoxy) is 2. The predicted molar refractivity (Wildman–Crippen MR) is 111 cm³/mol. The molecule has 0 spiro atoms. The molecule has 1 aliphatic heterocycles. The summed E-state index contributed by atoms with van der Waals surface area (Å²) >= 11 is 2.08. The van der Waals surface area contributed by atoms with Crippen molar-refractivity contribution < 1.29 is 24.3 Å². The van der Waals surface area contributed by atoms with Crippen LogP contribution in [0.2, 0.25) is 0 Å². The normalized spacial score (nSPS) is 29.2. The van der Waals surface area contributed by atoms with E-state index in [1.54, 1.807) is 0 Å². The van der Waals surface area contributed by atoms with Crippen LogP contribution in [0.3, 0.4) is 0 Å². The third kappa shape index (κ3) is 5.79. The Kier molecular flexibility index (Phi) is 6.90. The van der Waals surface area contributed by atoms with Crippen molar-refractivity contribution >= 4 is 34.5 Å². The van der Waals surface area contributed by atoms with Gasteiger partial charge in [-0.1, -0.05) is 22.6 Å². The highest BCUT2D eigenvalue weighted by molar-refractivity contribution is 14.1. The highest BCUT2D eigenvalue weighted by Crippen LogP contribution is 2.39. The fourth-order valence-corrected chi connectivity index (χ4v) is 4.36. The van der Waals surface area contributed by atoms with Gasteiger partial charge in [-0.2, -0.15) is 5.06 Å². The van der Waals surface area contributed by atoms with Crippen molar-refractivity contribution in [2.24, 2.45) is 5.92 Å². The van der Waals surface area contributed by atoms with Crippen LogP contribution in [0.15, 0.2) is 0 Å². The lowest BCUT2D eigenvalue weighted by Gasteiger charge is -2.51. The Hall–Kier alpha value is -0.410. The van der Waals surface area contributed by atoms with Crippen LogP contribution in [0.4, 0.5) is 0 Å². The number of carbonyl (C=O) groups excluding carboxylic acids is 2. The molecule has 1 saturated carbocycles. The summed E-state index contributed by atoms with van der Waals surface area (Å²) < 4.78 is 10.9. The Morgan fingerprint density at radius 3 is 1.89 bits per heavy atom. The Morgan fingerprint density at radius 1 is 0.963 bits per heavy atom. The van der Waals surface area contributed by atoms with E-state index in [1.165, 1.54) is 5.06 Å². The van der Waals surface area contributed by atoms with Crippen molar-refractivity contribution in [3.8, 4) is 0 Å². The van der Waals surface area contributed by atoms with Crippen LogP contribution in [0.25, 0.3) is 0 Å². The van der Waals surface area contributed by atoms with Crippen molar-refractivity contribution in [3.63, 3.8) is 0 Å². The minimum absolute atomic E-state index is 0.105. The highest BCUT2D eigenvalue weighted by atomic mass is 127. The summed E-state index contributed by atoms with van der Waals surface area (Å²) in [5, 5.41) is 11.8. The Balaban J connectivity index is 1.85. The van der Waals surface area contributed by atoms with Gasteiger partial charge in [-0.25, -0.2) is 0 Å². The summed E-state index contributed by atoms with van der Waals surface area (Å²) in [6.07, 6.45) is 3.68. The maximum atomic E-state index is 12.7. The van der Waals surface area contributed by atoms with E-state index in [9.17, 15) is 14.8 Å². The van der Waals surface area contributed by atoms with Gasteiger partial charge in [0.1, 0.15) is 15.6 Å². The number of hydrogen-bond acceptors (Lipinski definition) is 6. The third-order valence-corrected chi connectivity index (χ3v) is 6.09. The lowest BCUT2D eigenvalue weighted by atomic mass is 9.80. The molecule has 6 nitrogen and oxygen atoms in total. The van der Waals surface area contributed by atoms with Gasteiger partial charge in [-0.15, -0.1) is 0 Å². The number of nitrogens with zero attached hydrogens (tertiary/aromatic N) is 1. The van der Waals surface area contributed by atoms with E-state index in [1.807, 2.05) is 41.5 Å². The van der Waals surface area contributed by atoms with E-state index in [2.05, 4.69) is 22.6 Å². The quantitative estimate of drug-likeness (QED) is 0.357. The molecular weight excluding hydrogens is 461 g/mol. The predicted octanol–water partition coefficient (Wildman–Crippen LogP) is 4.26. The molecule has 0 aromatic heterocycles. The standard InChI is InChI=1S/C20H34INO5/c1-18(2)11-15(12-19(3,4)22(18)25)26-16(23)13-7-9-14(10-8-13)27-17(24)20(5,6)21/h13-15,25H,7-12H2,1-6H3. The van der Waals surface area contributed by atoms with Crippen molar-refractivity contribution in [3.05, 3.63) is 0 Å². The molecule has 2 fully saturated rings. The molecule has 2 rings (SSSR count). The van der Waals surface area contributed by atoms with E-state index in [4.69, 9.17) is 9.47 Å². The first-order valence-electron chi connectivity index (χ1n) is 9.82. The van der Waals surface area contributed by atoms with Crippen LogP contribution in [-0.2, 0) is 19.1 Å². The van der Waals surface area contributed by atoms with Gasteiger partial charge in [0.15, 0.2) is 0 Å². The van der Waals surface area contributed by atoms with Crippen molar-refractivity contribution in [1.82, 2.24) is 5.06 Å². The van der Waals surface area contributed by atoms with Gasteiger partial charge in [0.05, 0.1) is 5.92 Å². The summed E-state index contributed by atoms with van der Waals surface area (Å²) in [5.41, 5.74) is -0.879. The van der Waals surface area contributed by atoms with Crippen LogP contribution in [0, 0.1) is 5.92 Å². The van der Waals surface area contributed by atoms with Crippen LogP contribution in [0.5, 0.6) is 0 Å².